The van der Waals surface area contributed by atoms with Crippen molar-refractivity contribution in [2.24, 2.45) is 5.41 Å². The molecule has 1 heterocycles. The second-order valence-corrected chi connectivity index (χ2v) is 4.51. The molecule has 0 amide bonds. The SMILES string of the molecule is C=C1CC(C)(C)OC(=O)C12CC2. The van der Waals surface area contributed by atoms with Gasteiger partial charge < -0.3 is 4.74 Å². The van der Waals surface area contributed by atoms with Crippen LogP contribution in [0.1, 0.15) is 33.1 Å². The zero-order valence-corrected chi connectivity index (χ0v) is 7.64. The highest BCUT2D eigenvalue weighted by atomic mass is 16.6. The third-order valence-electron chi connectivity index (χ3n) is 2.83. The summed E-state index contributed by atoms with van der Waals surface area (Å²) in [6, 6.07) is 0. The van der Waals surface area contributed by atoms with E-state index < -0.39 is 0 Å². The molecule has 1 aliphatic carbocycles. The smallest absolute Gasteiger partial charge is 0.316 e. The van der Waals surface area contributed by atoms with E-state index in [0.29, 0.717) is 0 Å². The van der Waals surface area contributed by atoms with Crippen molar-refractivity contribution < 1.29 is 9.53 Å². The van der Waals surface area contributed by atoms with Crippen LogP contribution in [0.5, 0.6) is 0 Å². The van der Waals surface area contributed by atoms with Gasteiger partial charge in [0.25, 0.3) is 0 Å². The van der Waals surface area contributed by atoms with Crippen molar-refractivity contribution in [2.75, 3.05) is 0 Å². The van der Waals surface area contributed by atoms with Crippen LogP contribution >= 0.6 is 0 Å². The molecule has 0 aromatic heterocycles. The predicted molar refractivity (Wildman–Crippen MR) is 45.6 cm³/mol. The molecule has 12 heavy (non-hydrogen) atoms. The van der Waals surface area contributed by atoms with E-state index in [9.17, 15) is 4.79 Å². The first-order valence-electron chi connectivity index (χ1n) is 4.38. The van der Waals surface area contributed by atoms with Gasteiger partial charge in [0, 0.05) is 6.42 Å². The van der Waals surface area contributed by atoms with Crippen LogP contribution in [0.15, 0.2) is 12.2 Å². The summed E-state index contributed by atoms with van der Waals surface area (Å²) in [5, 5.41) is 0. The highest BCUT2D eigenvalue weighted by Crippen LogP contribution is 2.57. The van der Waals surface area contributed by atoms with E-state index in [1.165, 1.54) is 0 Å². The Morgan fingerprint density at radius 3 is 2.42 bits per heavy atom. The van der Waals surface area contributed by atoms with Crippen LogP contribution in [0.2, 0.25) is 0 Å². The summed E-state index contributed by atoms with van der Waals surface area (Å²) < 4.78 is 5.32. The van der Waals surface area contributed by atoms with Crippen molar-refractivity contribution >= 4 is 5.97 Å². The van der Waals surface area contributed by atoms with E-state index in [-0.39, 0.29) is 17.0 Å². The van der Waals surface area contributed by atoms with Gasteiger partial charge in [-0.2, -0.15) is 0 Å². The van der Waals surface area contributed by atoms with E-state index in [0.717, 1.165) is 24.8 Å². The predicted octanol–water partition coefficient (Wildman–Crippen LogP) is 2.05. The van der Waals surface area contributed by atoms with E-state index in [4.69, 9.17) is 4.74 Å². The summed E-state index contributed by atoms with van der Waals surface area (Å²) in [6.07, 6.45) is 2.71. The van der Waals surface area contributed by atoms with Gasteiger partial charge >= 0.3 is 5.97 Å². The standard InChI is InChI=1S/C10H14O2/c1-7-6-9(2,3)12-8(11)10(7)4-5-10/h1,4-6H2,2-3H3. The monoisotopic (exact) mass is 166 g/mol. The second kappa shape index (κ2) is 1.93. The largest absolute Gasteiger partial charge is 0.459 e. The fourth-order valence-electron chi connectivity index (χ4n) is 1.89. The maximum absolute atomic E-state index is 11.5. The maximum Gasteiger partial charge on any atom is 0.316 e. The van der Waals surface area contributed by atoms with Crippen LogP contribution in [0.4, 0.5) is 0 Å². The van der Waals surface area contributed by atoms with Gasteiger partial charge in [0.2, 0.25) is 0 Å². The van der Waals surface area contributed by atoms with E-state index in [2.05, 4.69) is 6.58 Å². The normalized spacial score (nSPS) is 30.2. The number of carbonyl (C=O) groups is 1. The number of hydrogen-bond acceptors (Lipinski definition) is 2. The highest BCUT2D eigenvalue weighted by molar-refractivity contribution is 5.85. The van der Waals surface area contributed by atoms with Crippen LogP contribution in [0.25, 0.3) is 0 Å². The summed E-state index contributed by atoms with van der Waals surface area (Å²) in [5.74, 6) is -0.0521. The van der Waals surface area contributed by atoms with Crippen molar-refractivity contribution in [1.82, 2.24) is 0 Å². The third kappa shape index (κ3) is 0.904. The molecule has 1 aliphatic heterocycles. The Kier molecular flexibility index (Phi) is 1.26. The molecule has 2 heteroatoms. The van der Waals surface area contributed by atoms with Crippen LogP contribution < -0.4 is 0 Å². The van der Waals surface area contributed by atoms with Crippen molar-refractivity contribution in [1.29, 1.82) is 0 Å². The topological polar surface area (TPSA) is 26.3 Å². The molecule has 2 nitrogen and oxygen atoms in total. The van der Waals surface area contributed by atoms with Gasteiger partial charge in [0.1, 0.15) is 5.60 Å². The van der Waals surface area contributed by atoms with Crippen molar-refractivity contribution in [3.8, 4) is 0 Å². The summed E-state index contributed by atoms with van der Waals surface area (Å²) in [6.45, 7) is 7.85. The quantitative estimate of drug-likeness (QED) is 0.406. The van der Waals surface area contributed by atoms with E-state index in [1.807, 2.05) is 13.8 Å². The summed E-state index contributed by atoms with van der Waals surface area (Å²) >= 11 is 0. The van der Waals surface area contributed by atoms with E-state index >= 15 is 0 Å². The highest BCUT2D eigenvalue weighted by Gasteiger charge is 2.58. The number of hydrogen-bond donors (Lipinski definition) is 0. The zero-order valence-electron chi connectivity index (χ0n) is 7.64. The number of cyclic esters (lactones) is 1. The van der Waals surface area contributed by atoms with Gasteiger partial charge in [-0.25, -0.2) is 0 Å². The molecule has 0 aromatic rings. The molecule has 1 saturated carbocycles. The summed E-state index contributed by atoms with van der Waals surface area (Å²) in [5.41, 5.74) is 0.487. The molecular formula is C10H14O2. The Bertz CT molecular complexity index is 237. The molecule has 0 aromatic carbocycles. The molecule has 0 atom stereocenters. The first-order chi connectivity index (χ1) is 5.46. The molecule has 2 rings (SSSR count). The molecular weight excluding hydrogens is 152 g/mol. The lowest BCUT2D eigenvalue weighted by atomic mass is 9.84. The van der Waals surface area contributed by atoms with Gasteiger partial charge in [-0.05, 0) is 26.7 Å². The Morgan fingerprint density at radius 1 is 1.42 bits per heavy atom. The molecule has 0 N–H and O–H groups in total. The van der Waals surface area contributed by atoms with Crippen molar-refractivity contribution in [2.45, 2.75) is 38.7 Å². The minimum Gasteiger partial charge on any atom is -0.459 e. The zero-order chi connectivity index (χ0) is 8.98. The lowest BCUT2D eigenvalue weighted by molar-refractivity contribution is -0.166. The number of rotatable bonds is 0. The van der Waals surface area contributed by atoms with Crippen LogP contribution in [0, 0.1) is 5.41 Å². The Labute approximate surface area is 72.6 Å². The summed E-state index contributed by atoms with van der Waals surface area (Å²) in [4.78, 5) is 11.5. The molecule has 0 radical (unpaired) electrons. The molecule has 1 spiro atoms. The van der Waals surface area contributed by atoms with Crippen molar-refractivity contribution in [3.05, 3.63) is 12.2 Å². The van der Waals surface area contributed by atoms with Crippen molar-refractivity contribution in [3.63, 3.8) is 0 Å². The minimum atomic E-state index is -0.331. The van der Waals surface area contributed by atoms with Gasteiger partial charge in [-0.1, -0.05) is 12.2 Å². The first-order valence-corrected chi connectivity index (χ1v) is 4.38. The Morgan fingerprint density at radius 2 is 2.00 bits per heavy atom. The first kappa shape index (κ1) is 7.84. The minimum absolute atomic E-state index is 0.0521. The lowest BCUT2D eigenvalue weighted by Gasteiger charge is -2.35. The van der Waals surface area contributed by atoms with Crippen LogP contribution in [0.3, 0.4) is 0 Å². The van der Waals surface area contributed by atoms with Crippen LogP contribution in [-0.2, 0) is 9.53 Å². The molecule has 66 valence electrons. The lowest BCUT2D eigenvalue weighted by Crippen LogP contribution is -2.40. The number of esters is 1. The second-order valence-electron chi connectivity index (χ2n) is 4.51. The average Bonchev–Trinajstić information content (AvgIpc) is 2.59. The average molecular weight is 166 g/mol. The Balaban J connectivity index is 2.26. The van der Waals surface area contributed by atoms with Gasteiger partial charge in [-0.3, -0.25) is 4.79 Å². The maximum atomic E-state index is 11.5. The molecule has 2 fully saturated rings. The molecule has 0 bridgehead atoms. The third-order valence-corrected chi connectivity index (χ3v) is 2.83. The van der Waals surface area contributed by atoms with Gasteiger partial charge in [0.05, 0.1) is 5.41 Å². The van der Waals surface area contributed by atoms with E-state index in [1.54, 1.807) is 0 Å². The molecule has 0 unspecified atom stereocenters. The number of ether oxygens (including phenoxy) is 1. The summed E-state index contributed by atoms with van der Waals surface area (Å²) in [7, 11) is 0. The van der Waals surface area contributed by atoms with Gasteiger partial charge in [0.15, 0.2) is 0 Å². The Hall–Kier alpha value is -0.790. The molecule has 1 saturated heterocycles. The fourth-order valence-corrected chi connectivity index (χ4v) is 1.89. The fraction of sp³-hybridized carbons (Fsp3) is 0.700. The van der Waals surface area contributed by atoms with Gasteiger partial charge in [-0.15, -0.1) is 0 Å². The van der Waals surface area contributed by atoms with Crippen LogP contribution in [-0.4, -0.2) is 11.6 Å². The molecule has 2 aliphatic rings. The number of carbonyl (C=O) groups excluding carboxylic acids is 1.